The van der Waals surface area contributed by atoms with E-state index in [1.807, 2.05) is 6.07 Å². The molecule has 148 valence electrons. The lowest BCUT2D eigenvalue weighted by molar-refractivity contribution is -0.162. The van der Waals surface area contributed by atoms with Crippen molar-refractivity contribution in [2.24, 2.45) is 5.92 Å². The summed E-state index contributed by atoms with van der Waals surface area (Å²) in [5.41, 5.74) is 0.0879. The molecule has 0 aromatic heterocycles. The second-order valence-corrected chi connectivity index (χ2v) is 6.03. The minimum atomic E-state index is -1.43. The van der Waals surface area contributed by atoms with Gasteiger partial charge in [0.2, 0.25) is 0 Å². The van der Waals surface area contributed by atoms with Crippen molar-refractivity contribution in [2.45, 2.75) is 26.7 Å². The quantitative estimate of drug-likeness (QED) is 0.306. The fourth-order valence-electron chi connectivity index (χ4n) is 2.83. The van der Waals surface area contributed by atoms with Crippen molar-refractivity contribution in [3.63, 3.8) is 0 Å². The second kappa shape index (κ2) is 9.64. The predicted molar refractivity (Wildman–Crippen MR) is 101 cm³/mol. The average molecular weight is 386 g/mol. The fraction of sp³-hybridized carbons (Fsp3) is 0.333. The lowest BCUT2D eigenvalue weighted by Crippen LogP contribution is -2.33. The van der Waals surface area contributed by atoms with Gasteiger partial charge in [-0.05, 0) is 31.7 Å². The van der Waals surface area contributed by atoms with Crippen molar-refractivity contribution in [2.75, 3.05) is 13.2 Å². The molecule has 0 saturated heterocycles. The minimum absolute atomic E-state index is 0.00991. The summed E-state index contributed by atoms with van der Waals surface area (Å²) in [5.74, 6) is -5.10. The van der Waals surface area contributed by atoms with Crippen molar-refractivity contribution in [1.82, 2.24) is 0 Å². The summed E-state index contributed by atoms with van der Waals surface area (Å²) in [6.07, 6.45) is -0.442. The van der Waals surface area contributed by atoms with Gasteiger partial charge in [0.15, 0.2) is 5.78 Å². The number of phenolic OH excluding ortho intramolecular Hbond substituents is 1. The molecular weight excluding hydrogens is 364 g/mol. The van der Waals surface area contributed by atoms with E-state index < -0.39 is 29.4 Å². The Balaban J connectivity index is 2.18. The summed E-state index contributed by atoms with van der Waals surface area (Å²) in [6.45, 7) is 3.13. The zero-order valence-corrected chi connectivity index (χ0v) is 15.8. The fourth-order valence-corrected chi connectivity index (χ4v) is 2.83. The summed E-state index contributed by atoms with van der Waals surface area (Å²) in [5, 5.41) is 11.7. The van der Waals surface area contributed by atoms with Crippen molar-refractivity contribution in [3.8, 4) is 5.75 Å². The maximum atomic E-state index is 12.6. The zero-order valence-electron chi connectivity index (χ0n) is 15.8. The molecule has 0 aliphatic heterocycles. The van der Waals surface area contributed by atoms with Gasteiger partial charge in [-0.25, -0.2) is 4.79 Å². The van der Waals surface area contributed by atoms with Crippen molar-refractivity contribution >= 4 is 34.3 Å². The monoisotopic (exact) mass is 386 g/mol. The molecule has 0 heterocycles. The Labute approximate surface area is 162 Å². The predicted octanol–water partition coefficient (Wildman–Crippen LogP) is 2.82. The van der Waals surface area contributed by atoms with Crippen LogP contribution in [0.2, 0.25) is 0 Å². The van der Waals surface area contributed by atoms with E-state index in [4.69, 9.17) is 4.74 Å². The number of ketones is 2. The van der Waals surface area contributed by atoms with Gasteiger partial charge < -0.3 is 14.6 Å². The standard InChI is InChI=1S/C21H22O7/c1-3-27-20(25)16(19(24)21(26)28-4-2)11-12-17(22)15-10-9-13-7-5-6-8-14(13)18(15)23/h5-10,16,23H,3-4,11-12H2,1-2H3/t16-/m1/s1. The topological polar surface area (TPSA) is 107 Å². The van der Waals surface area contributed by atoms with Gasteiger partial charge in [-0.1, -0.05) is 30.3 Å². The number of phenols is 1. The Morgan fingerprint density at radius 2 is 1.64 bits per heavy atom. The van der Waals surface area contributed by atoms with Gasteiger partial charge in [-0.3, -0.25) is 14.4 Å². The number of carbonyl (C=O) groups excluding carboxylic acids is 4. The Kier molecular flexibility index (Phi) is 7.26. The van der Waals surface area contributed by atoms with Crippen LogP contribution in [0.5, 0.6) is 5.75 Å². The van der Waals surface area contributed by atoms with Gasteiger partial charge in [-0.15, -0.1) is 0 Å². The number of Topliss-reactive ketones (excluding diaryl/α,β-unsaturated/α-hetero) is 2. The third kappa shape index (κ3) is 4.73. The Hall–Kier alpha value is -3.22. The SMILES string of the molecule is CCOC(=O)C(=O)[C@@H](CCC(=O)c1ccc2ccccc2c1O)C(=O)OCC. The molecule has 0 amide bonds. The van der Waals surface area contributed by atoms with E-state index in [2.05, 4.69) is 4.74 Å². The number of esters is 2. The van der Waals surface area contributed by atoms with Crippen molar-refractivity contribution in [1.29, 1.82) is 0 Å². The van der Waals surface area contributed by atoms with Crippen molar-refractivity contribution in [3.05, 3.63) is 42.0 Å². The van der Waals surface area contributed by atoms with Crippen LogP contribution in [-0.2, 0) is 23.9 Å². The van der Waals surface area contributed by atoms with Gasteiger partial charge in [-0.2, -0.15) is 0 Å². The van der Waals surface area contributed by atoms with E-state index in [9.17, 15) is 24.3 Å². The molecule has 0 saturated carbocycles. The van der Waals surface area contributed by atoms with E-state index in [1.165, 1.54) is 13.0 Å². The van der Waals surface area contributed by atoms with Crippen LogP contribution in [0, 0.1) is 5.92 Å². The van der Waals surface area contributed by atoms with Gasteiger partial charge >= 0.3 is 11.9 Å². The molecule has 28 heavy (non-hydrogen) atoms. The first kappa shape index (κ1) is 21.1. The number of benzene rings is 2. The van der Waals surface area contributed by atoms with Gasteiger partial charge in [0, 0.05) is 11.8 Å². The van der Waals surface area contributed by atoms with E-state index >= 15 is 0 Å². The maximum absolute atomic E-state index is 12.6. The Morgan fingerprint density at radius 1 is 0.964 bits per heavy atom. The van der Waals surface area contributed by atoms with Gasteiger partial charge in [0.25, 0.3) is 5.78 Å². The van der Waals surface area contributed by atoms with Crippen LogP contribution >= 0.6 is 0 Å². The normalized spacial score (nSPS) is 11.6. The number of carbonyl (C=O) groups is 4. The summed E-state index contributed by atoms with van der Waals surface area (Å²) in [6, 6.07) is 10.2. The van der Waals surface area contributed by atoms with Crippen LogP contribution in [0.15, 0.2) is 36.4 Å². The van der Waals surface area contributed by atoms with Crippen LogP contribution in [0.25, 0.3) is 10.8 Å². The van der Waals surface area contributed by atoms with Crippen molar-refractivity contribution < 1.29 is 33.8 Å². The maximum Gasteiger partial charge on any atom is 0.375 e. The Morgan fingerprint density at radius 3 is 2.32 bits per heavy atom. The summed E-state index contributed by atoms with van der Waals surface area (Å²) >= 11 is 0. The molecular formula is C21H22O7. The minimum Gasteiger partial charge on any atom is -0.507 e. The van der Waals surface area contributed by atoms with Gasteiger partial charge in [0.05, 0.1) is 18.8 Å². The third-order valence-electron chi connectivity index (χ3n) is 4.23. The highest BCUT2D eigenvalue weighted by atomic mass is 16.5. The molecule has 0 radical (unpaired) electrons. The summed E-state index contributed by atoms with van der Waals surface area (Å²) in [4.78, 5) is 48.6. The molecule has 2 rings (SSSR count). The molecule has 0 aliphatic rings. The average Bonchev–Trinajstić information content (AvgIpc) is 2.68. The molecule has 2 aromatic rings. The highest BCUT2D eigenvalue weighted by molar-refractivity contribution is 6.38. The van der Waals surface area contributed by atoms with Gasteiger partial charge in [0.1, 0.15) is 11.7 Å². The number of rotatable bonds is 9. The lowest BCUT2D eigenvalue weighted by Gasteiger charge is -2.14. The van der Waals surface area contributed by atoms with Crippen LogP contribution in [-0.4, -0.2) is 41.8 Å². The molecule has 0 fully saturated rings. The third-order valence-corrected chi connectivity index (χ3v) is 4.23. The molecule has 7 nitrogen and oxygen atoms in total. The molecule has 0 bridgehead atoms. The smallest absolute Gasteiger partial charge is 0.375 e. The highest BCUT2D eigenvalue weighted by Crippen LogP contribution is 2.30. The lowest BCUT2D eigenvalue weighted by atomic mass is 9.93. The van der Waals surface area contributed by atoms with E-state index in [0.717, 1.165) is 5.39 Å². The highest BCUT2D eigenvalue weighted by Gasteiger charge is 2.34. The van der Waals surface area contributed by atoms with Crippen LogP contribution in [0.4, 0.5) is 0 Å². The van der Waals surface area contributed by atoms with Crippen LogP contribution < -0.4 is 0 Å². The number of hydrogen-bond donors (Lipinski definition) is 1. The number of fused-ring (bicyclic) bond motifs is 1. The summed E-state index contributed by atoms with van der Waals surface area (Å²) in [7, 11) is 0. The molecule has 2 aromatic carbocycles. The molecule has 0 spiro atoms. The molecule has 0 unspecified atom stereocenters. The second-order valence-electron chi connectivity index (χ2n) is 6.03. The first-order valence-corrected chi connectivity index (χ1v) is 9.02. The molecule has 7 heteroatoms. The first-order valence-electron chi connectivity index (χ1n) is 9.02. The van der Waals surface area contributed by atoms with E-state index in [-0.39, 0.29) is 37.4 Å². The van der Waals surface area contributed by atoms with Crippen LogP contribution in [0.1, 0.15) is 37.0 Å². The number of ether oxygens (including phenoxy) is 2. The van der Waals surface area contributed by atoms with Crippen LogP contribution in [0.3, 0.4) is 0 Å². The first-order chi connectivity index (χ1) is 13.4. The Bertz CT molecular complexity index is 901. The van der Waals surface area contributed by atoms with E-state index in [0.29, 0.717) is 5.39 Å². The summed E-state index contributed by atoms with van der Waals surface area (Å²) < 4.78 is 9.50. The molecule has 1 N–H and O–H groups in total. The number of aromatic hydroxyl groups is 1. The van der Waals surface area contributed by atoms with E-state index in [1.54, 1.807) is 31.2 Å². The number of hydrogen-bond acceptors (Lipinski definition) is 7. The largest absolute Gasteiger partial charge is 0.507 e. The zero-order chi connectivity index (χ0) is 20.7. The molecule has 0 aliphatic carbocycles. The molecule has 1 atom stereocenters.